The van der Waals surface area contributed by atoms with Crippen molar-refractivity contribution in [1.29, 1.82) is 0 Å². The molecule has 0 aliphatic rings. The third-order valence-electron chi connectivity index (χ3n) is 2.87. The summed E-state index contributed by atoms with van der Waals surface area (Å²) in [4.78, 5) is 12.1. The largest absolute Gasteiger partial charge is 0.397 e. The van der Waals surface area contributed by atoms with E-state index in [1.165, 1.54) is 12.1 Å². The molecule has 0 spiro atoms. The average Bonchev–Trinajstić information content (AvgIpc) is 2.36. The Labute approximate surface area is 125 Å². The van der Waals surface area contributed by atoms with Crippen LogP contribution in [0.4, 0.5) is 15.8 Å². The van der Waals surface area contributed by atoms with Crippen molar-refractivity contribution in [1.82, 2.24) is 0 Å². The lowest BCUT2D eigenvalue weighted by Crippen LogP contribution is -2.15. The number of halogens is 2. The smallest absolute Gasteiger partial charge is 0.258 e. The molecule has 2 aromatic rings. The lowest BCUT2D eigenvalue weighted by Gasteiger charge is -2.12. The Kier molecular flexibility index (Phi) is 4.09. The molecule has 0 fully saturated rings. The van der Waals surface area contributed by atoms with E-state index < -0.39 is 11.7 Å². The molecule has 5 heteroatoms. The first-order valence-electron chi connectivity index (χ1n) is 6.01. The highest BCUT2D eigenvalue weighted by molar-refractivity contribution is 9.10. The van der Waals surface area contributed by atoms with Crippen LogP contribution in [0.25, 0.3) is 0 Å². The summed E-state index contributed by atoms with van der Waals surface area (Å²) < 4.78 is 14.3. The van der Waals surface area contributed by atoms with Crippen molar-refractivity contribution in [3.05, 3.63) is 57.3 Å². The molecule has 0 saturated carbocycles. The number of benzene rings is 2. The fourth-order valence-electron chi connectivity index (χ4n) is 1.89. The molecule has 2 aromatic carbocycles. The van der Waals surface area contributed by atoms with Gasteiger partial charge in [-0.3, -0.25) is 4.79 Å². The molecule has 0 atom stereocenters. The lowest BCUT2D eigenvalue weighted by molar-refractivity contribution is 0.102. The van der Waals surface area contributed by atoms with E-state index in [9.17, 15) is 9.18 Å². The predicted molar refractivity (Wildman–Crippen MR) is 82.4 cm³/mol. The first-order chi connectivity index (χ1) is 9.38. The second-order valence-corrected chi connectivity index (χ2v) is 5.50. The molecule has 3 N–H and O–H groups in total. The quantitative estimate of drug-likeness (QED) is 0.813. The van der Waals surface area contributed by atoms with Crippen molar-refractivity contribution >= 4 is 33.2 Å². The topological polar surface area (TPSA) is 55.1 Å². The van der Waals surface area contributed by atoms with Crippen LogP contribution in [0, 0.1) is 19.7 Å². The molecule has 0 unspecified atom stereocenters. The van der Waals surface area contributed by atoms with Gasteiger partial charge in [0, 0.05) is 4.47 Å². The minimum Gasteiger partial charge on any atom is -0.397 e. The van der Waals surface area contributed by atoms with Gasteiger partial charge in [0.2, 0.25) is 0 Å². The van der Waals surface area contributed by atoms with Crippen LogP contribution in [0.1, 0.15) is 21.5 Å². The molecule has 2 rings (SSSR count). The van der Waals surface area contributed by atoms with Gasteiger partial charge in [0.15, 0.2) is 0 Å². The summed E-state index contributed by atoms with van der Waals surface area (Å²) in [6.07, 6.45) is 0. The average molecular weight is 337 g/mol. The van der Waals surface area contributed by atoms with Crippen molar-refractivity contribution in [2.75, 3.05) is 11.1 Å². The van der Waals surface area contributed by atoms with E-state index in [0.29, 0.717) is 15.8 Å². The van der Waals surface area contributed by atoms with Crippen molar-refractivity contribution in [3.63, 3.8) is 0 Å². The maximum absolute atomic E-state index is 13.7. The van der Waals surface area contributed by atoms with Gasteiger partial charge in [0.05, 0.1) is 16.9 Å². The SMILES string of the molecule is Cc1cc(N)c(NC(=O)c2cc(C)ccc2F)c(Br)c1. The lowest BCUT2D eigenvalue weighted by atomic mass is 10.1. The number of amides is 1. The molecule has 0 heterocycles. The number of carbonyl (C=O) groups is 1. The molecule has 0 aromatic heterocycles. The number of hydrogen-bond donors (Lipinski definition) is 2. The Morgan fingerprint density at radius 3 is 2.55 bits per heavy atom. The molecule has 0 bridgehead atoms. The molecule has 3 nitrogen and oxygen atoms in total. The molecule has 0 aliphatic carbocycles. The molecule has 0 aliphatic heterocycles. The van der Waals surface area contributed by atoms with E-state index in [1.54, 1.807) is 19.1 Å². The van der Waals surface area contributed by atoms with Gasteiger partial charge in [-0.15, -0.1) is 0 Å². The Balaban J connectivity index is 2.35. The molecular formula is C15H14BrFN2O. The van der Waals surface area contributed by atoms with Crippen LogP contribution < -0.4 is 11.1 Å². The predicted octanol–water partition coefficient (Wildman–Crippen LogP) is 4.04. The van der Waals surface area contributed by atoms with E-state index in [-0.39, 0.29) is 5.56 Å². The second kappa shape index (κ2) is 5.63. The number of nitrogens with one attached hydrogen (secondary N) is 1. The van der Waals surface area contributed by atoms with Gasteiger partial charge in [-0.05, 0) is 59.6 Å². The molecule has 0 saturated heterocycles. The number of nitrogen functional groups attached to an aromatic ring is 1. The van der Waals surface area contributed by atoms with E-state index in [4.69, 9.17) is 5.73 Å². The first kappa shape index (κ1) is 14.5. The second-order valence-electron chi connectivity index (χ2n) is 4.65. The zero-order valence-electron chi connectivity index (χ0n) is 11.1. The van der Waals surface area contributed by atoms with Crippen LogP contribution in [0.15, 0.2) is 34.8 Å². The monoisotopic (exact) mass is 336 g/mol. The summed E-state index contributed by atoms with van der Waals surface area (Å²) in [5.74, 6) is -1.09. The van der Waals surface area contributed by atoms with Crippen LogP contribution in [-0.4, -0.2) is 5.91 Å². The number of carbonyl (C=O) groups excluding carboxylic acids is 1. The highest BCUT2D eigenvalue weighted by Gasteiger charge is 2.15. The van der Waals surface area contributed by atoms with Gasteiger partial charge in [-0.2, -0.15) is 0 Å². The summed E-state index contributed by atoms with van der Waals surface area (Å²) in [6.45, 7) is 3.69. The number of aryl methyl sites for hydroxylation is 2. The van der Waals surface area contributed by atoms with Crippen molar-refractivity contribution in [3.8, 4) is 0 Å². The minimum absolute atomic E-state index is 0.00289. The Morgan fingerprint density at radius 1 is 1.20 bits per heavy atom. The van der Waals surface area contributed by atoms with E-state index in [2.05, 4.69) is 21.2 Å². The van der Waals surface area contributed by atoms with E-state index in [0.717, 1.165) is 11.1 Å². The van der Waals surface area contributed by atoms with Crippen LogP contribution in [0.3, 0.4) is 0 Å². The van der Waals surface area contributed by atoms with Crippen molar-refractivity contribution in [2.24, 2.45) is 0 Å². The van der Waals surface area contributed by atoms with Gasteiger partial charge in [-0.25, -0.2) is 4.39 Å². The Hall–Kier alpha value is -1.88. The number of rotatable bonds is 2. The summed E-state index contributed by atoms with van der Waals surface area (Å²) in [5, 5.41) is 2.64. The molecule has 1 amide bonds. The van der Waals surface area contributed by atoms with Crippen LogP contribution in [0.5, 0.6) is 0 Å². The molecule has 104 valence electrons. The van der Waals surface area contributed by atoms with Crippen LogP contribution in [-0.2, 0) is 0 Å². The summed E-state index contributed by atoms with van der Waals surface area (Å²) in [6, 6.07) is 7.97. The molecular weight excluding hydrogens is 323 g/mol. The Bertz CT molecular complexity index is 663. The number of anilines is 2. The fraction of sp³-hybridized carbons (Fsp3) is 0.133. The summed E-state index contributed by atoms with van der Waals surface area (Å²) in [5.41, 5.74) is 8.53. The third-order valence-corrected chi connectivity index (χ3v) is 3.50. The third kappa shape index (κ3) is 2.99. The maximum Gasteiger partial charge on any atom is 0.258 e. The maximum atomic E-state index is 13.7. The van der Waals surface area contributed by atoms with Crippen molar-refractivity contribution < 1.29 is 9.18 Å². The fourth-order valence-corrected chi connectivity index (χ4v) is 2.58. The molecule has 0 radical (unpaired) electrons. The zero-order chi connectivity index (χ0) is 14.9. The van der Waals surface area contributed by atoms with Gasteiger partial charge in [0.1, 0.15) is 5.82 Å². The normalized spacial score (nSPS) is 10.4. The first-order valence-corrected chi connectivity index (χ1v) is 6.81. The van der Waals surface area contributed by atoms with Gasteiger partial charge in [0.25, 0.3) is 5.91 Å². The van der Waals surface area contributed by atoms with E-state index >= 15 is 0 Å². The van der Waals surface area contributed by atoms with Crippen LogP contribution in [0.2, 0.25) is 0 Å². The summed E-state index contributed by atoms with van der Waals surface area (Å²) >= 11 is 3.34. The van der Waals surface area contributed by atoms with Gasteiger partial charge < -0.3 is 11.1 Å². The number of hydrogen-bond acceptors (Lipinski definition) is 2. The standard InChI is InChI=1S/C15H14BrFN2O/c1-8-3-4-12(17)10(5-8)15(20)19-14-11(16)6-9(2)7-13(14)18/h3-7H,18H2,1-2H3,(H,19,20). The van der Waals surface area contributed by atoms with E-state index in [1.807, 2.05) is 13.0 Å². The molecule has 20 heavy (non-hydrogen) atoms. The minimum atomic E-state index is -0.560. The highest BCUT2D eigenvalue weighted by Crippen LogP contribution is 2.30. The van der Waals surface area contributed by atoms with Crippen molar-refractivity contribution in [2.45, 2.75) is 13.8 Å². The van der Waals surface area contributed by atoms with Gasteiger partial charge >= 0.3 is 0 Å². The number of nitrogens with two attached hydrogens (primary N) is 1. The Morgan fingerprint density at radius 2 is 1.90 bits per heavy atom. The van der Waals surface area contributed by atoms with Gasteiger partial charge in [-0.1, -0.05) is 11.6 Å². The van der Waals surface area contributed by atoms with Crippen LogP contribution >= 0.6 is 15.9 Å². The summed E-state index contributed by atoms with van der Waals surface area (Å²) in [7, 11) is 0. The zero-order valence-corrected chi connectivity index (χ0v) is 12.7. The highest BCUT2D eigenvalue weighted by atomic mass is 79.9.